The van der Waals surface area contributed by atoms with Gasteiger partial charge in [0.25, 0.3) is 10.0 Å². The van der Waals surface area contributed by atoms with Crippen molar-refractivity contribution in [2.45, 2.75) is 25.7 Å². The van der Waals surface area contributed by atoms with Crippen LogP contribution in [0.25, 0.3) is 5.57 Å². The van der Waals surface area contributed by atoms with Crippen LogP contribution < -0.4 is 4.72 Å². The molecule has 0 aliphatic heterocycles. The summed E-state index contributed by atoms with van der Waals surface area (Å²) in [6.45, 7) is 9.42. The third-order valence-electron chi connectivity index (χ3n) is 3.40. The Labute approximate surface area is 140 Å². The minimum Gasteiger partial charge on any atom is -0.279 e. The van der Waals surface area contributed by atoms with Gasteiger partial charge in [-0.1, -0.05) is 40.7 Å². The molecule has 0 fully saturated rings. The fourth-order valence-electron chi connectivity index (χ4n) is 2.26. The smallest absolute Gasteiger partial charge is 0.262 e. The first kappa shape index (κ1) is 16.8. The second-order valence-electron chi connectivity index (χ2n) is 5.29. The number of rotatable bonds is 4. The average Bonchev–Trinajstić information content (AvgIpc) is 2.40. The zero-order valence-electron chi connectivity index (χ0n) is 12.8. The number of hydrogen-bond donors (Lipinski definition) is 1. The van der Waals surface area contributed by atoms with Crippen molar-refractivity contribution in [3.63, 3.8) is 0 Å². The number of nitrogens with one attached hydrogen (secondary N) is 1. The van der Waals surface area contributed by atoms with Crippen LogP contribution >= 0.6 is 15.9 Å². The molecule has 0 aromatic heterocycles. The second-order valence-corrected chi connectivity index (χ2v) is 7.86. The molecule has 0 unspecified atom stereocenters. The van der Waals surface area contributed by atoms with Crippen LogP contribution in [0.4, 0.5) is 5.69 Å². The Morgan fingerprint density at radius 3 is 2.41 bits per heavy atom. The first-order valence-corrected chi connectivity index (χ1v) is 9.04. The number of benzene rings is 2. The number of anilines is 1. The van der Waals surface area contributed by atoms with Crippen molar-refractivity contribution in [3.8, 4) is 0 Å². The van der Waals surface area contributed by atoms with Crippen LogP contribution in [0, 0.1) is 13.8 Å². The van der Waals surface area contributed by atoms with E-state index in [4.69, 9.17) is 0 Å². The Morgan fingerprint density at radius 1 is 1.14 bits per heavy atom. The molecule has 0 radical (unpaired) electrons. The molecular formula is C17H18BrNO2S. The van der Waals surface area contributed by atoms with Crippen molar-refractivity contribution in [2.75, 3.05) is 4.72 Å². The maximum Gasteiger partial charge on any atom is 0.262 e. The highest BCUT2D eigenvalue weighted by atomic mass is 79.9. The molecule has 0 bridgehead atoms. The molecule has 0 aliphatic rings. The normalized spacial score (nSPS) is 11.3. The van der Waals surface area contributed by atoms with Gasteiger partial charge in [-0.3, -0.25) is 4.72 Å². The van der Waals surface area contributed by atoms with Crippen molar-refractivity contribution in [1.29, 1.82) is 0 Å². The minimum absolute atomic E-state index is 0.270. The molecule has 0 amide bonds. The summed E-state index contributed by atoms with van der Waals surface area (Å²) >= 11 is 3.35. The van der Waals surface area contributed by atoms with Crippen LogP contribution in [-0.2, 0) is 10.0 Å². The molecule has 2 rings (SSSR count). The lowest BCUT2D eigenvalue weighted by Gasteiger charge is -2.16. The molecule has 0 saturated heterocycles. The van der Waals surface area contributed by atoms with E-state index in [2.05, 4.69) is 27.2 Å². The molecule has 1 N–H and O–H groups in total. The highest BCUT2D eigenvalue weighted by Gasteiger charge is 2.19. The van der Waals surface area contributed by atoms with Crippen LogP contribution in [0.15, 0.2) is 52.3 Å². The number of hydrogen-bond acceptors (Lipinski definition) is 2. The Morgan fingerprint density at radius 2 is 1.82 bits per heavy atom. The molecule has 0 saturated carbocycles. The molecule has 2 aromatic carbocycles. The minimum atomic E-state index is -3.65. The lowest BCUT2D eigenvalue weighted by atomic mass is 10.0. The lowest BCUT2D eigenvalue weighted by molar-refractivity contribution is 0.600. The molecule has 116 valence electrons. The Kier molecular flexibility index (Phi) is 4.78. The van der Waals surface area contributed by atoms with Crippen molar-refractivity contribution in [1.82, 2.24) is 0 Å². The van der Waals surface area contributed by atoms with E-state index in [1.807, 2.05) is 32.0 Å². The van der Waals surface area contributed by atoms with E-state index in [9.17, 15) is 8.42 Å². The molecule has 0 aliphatic carbocycles. The molecule has 3 nitrogen and oxygen atoms in total. The zero-order chi connectivity index (χ0) is 16.5. The predicted molar refractivity (Wildman–Crippen MR) is 95.6 cm³/mol. The SMILES string of the molecule is C=C(C)c1cccc(C)c1NS(=O)(=O)c1ccc(Br)cc1C. The van der Waals surface area contributed by atoms with Crippen molar-refractivity contribution >= 4 is 37.2 Å². The van der Waals surface area contributed by atoms with Gasteiger partial charge in [-0.25, -0.2) is 8.42 Å². The Hall–Kier alpha value is -1.59. The highest BCUT2D eigenvalue weighted by molar-refractivity contribution is 9.10. The summed E-state index contributed by atoms with van der Waals surface area (Å²) in [6, 6.07) is 10.7. The summed E-state index contributed by atoms with van der Waals surface area (Å²) in [7, 11) is -3.65. The van der Waals surface area contributed by atoms with Crippen molar-refractivity contribution in [2.24, 2.45) is 0 Å². The number of sulfonamides is 1. The second kappa shape index (κ2) is 6.26. The van der Waals surface area contributed by atoms with Gasteiger partial charge in [-0.05, 0) is 55.7 Å². The average molecular weight is 380 g/mol. The van der Waals surface area contributed by atoms with Gasteiger partial charge in [-0.2, -0.15) is 0 Å². The summed E-state index contributed by atoms with van der Waals surface area (Å²) in [5, 5.41) is 0. The van der Waals surface area contributed by atoms with E-state index >= 15 is 0 Å². The van der Waals surface area contributed by atoms with Gasteiger partial charge >= 0.3 is 0 Å². The predicted octanol–water partition coefficient (Wildman–Crippen LogP) is 4.90. The molecular weight excluding hydrogens is 362 g/mol. The van der Waals surface area contributed by atoms with Crippen LogP contribution in [0.3, 0.4) is 0 Å². The van der Waals surface area contributed by atoms with Gasteiger partial charge < -0.3 is 0 Å². The third kappa shape index (κ3) is 3.42. The summed E-state index contributed by atoms with van der Waals surface area (Å²) in [6.07, 6.45) is 0. The lowest BCUT2D eigenvalue weighted by Crippen LogP contribution is -2.16. The number of para-hydroxylation sites is 1. The van der Waals surface area contributed by atoms with E-state index in [0.717, 1.165) is 21.2 Å². The summed E-state index contributed by atoms with van der Waals surface area (Å²) in [5.41, 5.74) is 3.75. The third-order valence-corrected chi connectivity index (χ3v) is 5.40. The van der Waals surface area contributed by atoms with Crippen molar-refractivity contribution in [3.05, 3.63) is 64.1 Å². The zero-order valence-corrected chi connectivity index (χ0v) is 15.2. The van der Waals surface area contributed by atoms with Crippen LogP contribution in [0.1, 0.15) is 23.6 Å². The van der Waals surface area contributed by atoms with Gasteiger partial charge in [0.2, 0.25) is 0 Å². The Bertz CT molecular complexity index is 842. The van der Waals surface area contributed by atoms with Crippen molar-refractivity contribution < 1.29 is 8.42 Å². The van der Waals surface area contributed by atoms with E-state index in [-0.39, 0.29) is 4.90 Å². The quantitative estimate of drug-likeness (QED) is 0.820. The molecule has 2 aromatic rings. The van der Waals surface area contributed by atoms with Crippen LogP contribution in [0.2, 0.25) is 0 Å². The van der Waals surface area contributed by atoms with E-state index in [0.29, 0.717) is 11.3 Å². The van der Waals surface area contributed by atoms with Gasteiger partial charge in [0, 0.05) is 10.0 Å². The maximum absolute atomic E-state index is 12.7. The fraction of sp³-hybridized carbons (Fsp3) is 0.176. The highest BCUT2D eigenvalue weighted by Crippen LogP contribution is 2.29. The first-order valence-electron chi connectivity index (χ1n) is 6.77. The van der Waals surface area contributed by atoms with E-state index < -0.39 is 10.0 Å². The first-order chi connectivity index (χ1) is 10.2. The topological polar surface area (TPSA) is 46.2 Å². The van der Waals surface area contributed by atoms with Gasteiger partial charge in [0.15, 0.2) is 0 Å². The van der Waals surface area contributed by atoms with Crippen LogP contribution in [-0.4, -0.2) is 8.42 Å². The Balaban J connectivity index is 2.52. The largest absolute Gasteiger partial charge is 0.279 e. The molecule has 22 heavy (non-hydrogen) atoms. The number of allylic oxidation sites excluding steroid dienone is 1. The summed E-state index contributed by atoms with van der Waals surface area (Å²) in [5.74, 6) is 0. The molecule has 0 atom stereocenters. The maximum atomic E-state index is 12.7. The summed E-state index contributed by atoms with van der Waals surface area (Å²) < 4.78 is 29.0. The standard InChI is InChI=1S/C17H18BrNO2S/c1-11(2)15-7-5-6-12(3)17(15)19-22(20,21)16-9-8-14(18)10-13(16)4/h5-10,19H,1H2,2-4H3. The number of halogens is 1. The van der Waals surface area contributed by atoms with E-state index in [1.54, 1.807) is 25.1 Å². The van der Waals surface area contributed by atoms with Crippen LogP contribution in [0.5, 0.6) is 0 Å². The molecule has 0 heterocycles. The number of aryl methyl sites for hydroxylation is 2. The summed E-state index contributed by atoms with van der Waals surface area (Å²) in [4.78, 5) is 0.270. The van der Waals surface area contributed by atoms with Gasteiger partial charge in [0.1, 0.15) is 0 Å². The fourth-order valence-corrected chi connectivity index (χ4v) is 4.12. The van der Waals surface area contributed by atoms with E-state index in [1.165, 1.54) is 0 Å². The van der Waals surface area contributed by atoms with Gasteiger partial charge in [0.05, 0.1) is 10.6 Å². The molecule has 0 spiro atoms. The molecule has 5 heteroatoms. The van der Waals surface area contributed by atoms with Gasteiger partial charge in [-0.15, -0.1) is 0 Å². The monoisotopic (exact) mass is 379 g/mol.